The summed E-state index contributed by atoms with van der Waals surface area (Å²) in [7, 11) is -2.37. The second-order valence-corrected chi connectivity index (χ2v) is 5.25. The molecule has 96 valence electrons. The predicted molar refractivity (Wildman–Crippen MR) is 59.9 cm³/mol. The van der Waals surface area contributed by atoms with E-state index in [1.165, 1.54) is 24.0 Å². The van der Waals surface area contributed by atoms with Gasteiger partial charge in [-0.15, -0.1) is 0 Å². The second-order valence-electron chi connectivity index (χ2n) is 3.59. The highest BCUT2D eigenvalue weighted by Gasteiger charge is 2.26. The molecule has 0 radical (unpaired) electrons. The van der Waals surface area contributed by atoms with Gasteiger partial charge in [0, 0.05) is 7.05 Å². The lowest BCUT2D eigenvalue weighted by Crippen LogP contribution is -2.41. The van der Waals surface area contributed by atoms with Crippen LogP contribution in [0.2, 0.25) is 0 Å². The molecule has 0 aliphatic heterocycles. The van der Waals surface area contributed by atoms with Crippen molar-refractivity contribution in [3.8, 4) is 0 Å². The van der Waals surface area contributed by atoms with Crippen LogP contribution in [0.4, 0.5) is 0 Å². The molecule has 0 aliphatic carbocycles. The van der Waals surface area contributed by atoms with Crippen LogP contribution < -0.4 is 4.72 Å². The predicted octanol–water partition coefficient (Wildman–Crippen LogP) is -0.0483. The van der Waals surface area contributed by atoms with Crippen LogP contribution in [0.5, 0.6) is 0 Å². The summed E-state index contributed by atoms with van der Waals surface area (Å²) in [5.41, 5.74) is 0. The summed E-state index contributed by atoms with van der Waals surface area (Å²) in [4.78, 5) is 10.9. The smallest absolute Gasteiger partial charge is 0.321 e. The quantitative estimate of drug-likeness (QED) is 0.747. The molecule has 17 heavy (non-hydrogen) atoms. The first-order valence-corrected chi connectivity index (χ1v) is 6.60. The summed E-state index contributed by atoms with van der Waals surface area (Å²) in [6.45, 7) is 1.79. The molecule has 1 aromatic rings. The van der Waals surface area contributed by atoms with Crippen molar-refractivity contribution in [2.45, 2.75) is 30.8 Å². The van der Waals surface area contributed by atoms with Crippen LogP contribution in [-0.4, -0.2) is 35.3 Å². The SMILES string of the molecule is CCCC(NS(=O)(=O)c1ccnn1C)C(=O)O. The van der Waals surface area contributed by atoms with Crippen molar-refractivity contribution in [2.75, 3.05) is 0 Å². The summed E-state index contributed by atoms with van der Waals surface area (Å²) in [5.74, 6) is -1.18. The number of carbonyl (C=O) groups is 1. The number of rotatable bonds is 6. The number of sulfonamides is 1. The van der Waals surface area contributed by atoms with E-state index in [-0.39, 0.29) is 11.4 Å². The minimum absolute atomic E-state index is 0.0557. The van der Waals surface area contributed by atoms with E-state index in [0.717, 1.165) is 0 Å². The Morgan fingerprint density at radius 2 is 2.29 bits per heavy atom. The zero-order valence-corrected chi connectivity index (χ0v) is 10.4. The lowest BCUT2D eigenvalue weighted by atomic mass is 10.2. The highest BCUT2D eigenvalue weighted by atomic mass is 32.2. The average Bonchev–Trinajstić information content (AvgIpc) is 2.64. The van der Waals surface area contributed by atoms with Gasteiger partial charge in [0.1, 0.15) is 6.04 Å². The Balaban J connectivity index is 2.93. The molecular weight excluding hydrogens is 246 g/mol. The first kappa shape index (κ1) is 13.7. The largest absolute Gasteiger partial charge is 0.480 e. The van der Waals surface area contributed by atoms with E-state index < -0.39 is 22.0 Å². The van der Waals surface area contributed by atoms with E-state index in [0.29, 0.717) is 6.42 Å². The van der Waals surface area contributed by atoms with Gasteiger partial charge in [0.25, 0.3) is 10.0 Å². The number of nitrogens with one attached hydrogen (secondary N) is 1. The maximum atomic E-state index is 11.9. The molecule has 0 saturated heterocycles. The lowest BCUT2D eigenvalue weighted by Gasteiger charge is -2.13. The maximum Gasteiger partial charge on any atom is 0.321 e. The molecule has 0 saturated carbocycles. The molecule has 1 atom stereocenters. The molecule has 0 spiro atoms. The normalized spacial score (nSPS) is 13.5. The van der Waals surface area contributed by atoms with Gasteiger partial charge in [-0.3, -0.25) is 9.48 Å². The Kier molecular flexibility index (Phi) is 4.24. The molecule has 2 N–H and O–H groups in total. The first-order valence-electron chi connectivity index (χ1n) is 5.11. The first-order chi connectivity index (χ1) is 7.88. The lowest BCUT2D eigenvalue weighted by molar-refractivity contribution is -0.139. The highest BCUT2D eigenvalue weighted by Crippen LogP contribution is 2.08. The zero-order chi connectivity index (χ0) is 13.1. The number of hydrogen-bond donors (Lipinski definition) is 2. The fourth-order valence-electron chi connectivity index (χ4n) is 1.39. The molecule has 1 rings (SSSR count). The van der Waals surface area contributed by atoms with Gasteiger partial charge < -0.3 is 5.11 Å². The van der Waals surface area contributed by atoms with Crippen molar-refractivity contribution >= 4 is 16.0 Å². The van der Waals surface area contributed by atoms with E-state index in [4.69, 9.17) is 5.11 Å². The van der Waals surface area contributed by atoms with Gasteiger partial charge in [0.05, 0.1) is 6.20 Å². The average molecular weight is 261 g/mol. The molecule has 1 heterocycles. The van der Waals surface area contributed by atoms with Crippen molar-refractivity contribution in [2.24, 2.45) is 7.05 Å². The number of aliphatic carboxylic acids is 1. The zero-order valence-electron chi connectivity index (χ0n) is 9.62. The number of nitrogens with zero attached hydrogens (tertiary/aromatic N) is 2. The van der Waals surface area contributed by atoms with Crippen LogP contribution in [-0.2, 0) is 21.9 Å². The number of carboxylic acid groups (broad SMARTS) is 1. The van der Waals surface area contributed by atoms with Gasteiger partial charge in [0.15, 0.2) is 5.03 Å². The van der Waals surface area contributed by atoms with Gasteiger partial charge >= 0.3 is 5.97 Å². The Morgan fingerprint density at radius 3 is 2.71 bits per heavy atom. The van der Waals surface area contributed by atoms with Crippen molar-refractivity contribution < 1.29 is 18.3 Å². The minimum atomic E-state index is -3.84. The Morgan fingerprint density at radius 1 is 1.65 bits per heavy atom. The molecule has 7 nitrogen and oxygen atoms in total. The van der Waals surface area contributed by atoms with Crippen molar-refractivity contribution in [3.05, 3.63) is 12.3 Å². The summed E-state index contributed by atoms with van der Waals surface area (Å²) in [5, 5.41) is 12.6. The molecule has 8 heteroatoms. The van der Waals surface area contributed by atoms with Gasteiger partial charge in [-0.25, -0.2) is 8.42 Å². The fraction of sp³-hybridized carbons (Fsp3) is 0.556. The van der Waals surface area contributed by atoms with Crippen LogP contribution in [0, 0.1) is 0 Å². The molecule has 0 aliphatic rings. The minimum Gasteiger partial charge on any atom is -0.480 e. The summed E-state index contributed by atoms with van der Waals surface area (Å²) in [6.07, 6.45) is 2.15. The maximum absolute atomic E-state index is 11.9. The van der Waals surface area contributed by atoms with Gasteiger partial charge in [-0.05, 0) is 12.5 Å². The third-order valence-electron chi connectivity index (χ3n) is 2.22. The fourth-order valence-corrected chi connectivity index (χ4v) is 2.74. The van der Waals surface area contributed by atoms with E-state index in [9.17, 15) is 13.2 Å². The molecule has 0 fully saturated rings. The van der Waals surface area contributed by atoms with Crippen LogP contribution in [0.3, 0.4) is 0 Å². The van der Waals surface area contributed by atoms with E-state index in [1.807, 2.05) is 0 Å². The monoisotopic (exact) mass is 261 g/mol. The Labute approximate surface area is 99.5 Å². The molecule has 0 bridgehead atoms. The van der Waals surface area contributed by atoms with Gasteiger partial charge in [-0.1, -0.05) is 13.3 Å². The molecule has 1 unspecified atom stereocenters. The van der Waals surface area contributed by atoms with Crippen molar-refractivity contribution in [1.82, 2.24) is 14.5 Å². The summed E-state index contributed by atoms with van der Waals surface area (Å²) < 4.78 is 27.1. The van der Waals surface area contributed by atoms with Crippen molar-refractivity contribution in [3.63, 3.8) is 0 Å². The van der Waals surface area contributed by atoms with Gasteiger partial charge in [-0.2, -0.15) is 9.82 Å². The number of aromatic nitrogens is 2. The van der Waals surface area contributed by atoms with Crippen LogP contribution in [0.1, 0.15) is 19.8 Å². The third-order valence-corrected chi connectivity index (χ3v) is 3.77. The Hall–Kier alpha value is -1.41. The topological polar surface area (TPSA) is 101 Å². The van der Waals surface area contributed by atoms with E-state index >= 15 is 0 Å². The van der Waals surface area contributed by atoms with E-state index in [1.54, 1.807) is 6.92 Å². The van der Waals surface area contributed by atoms with Crippen LogP contribution >= 0.6 is 0 Å². The van der Waals surface area contributed by atoms with Crippen molar-refractivity contribution in [1.29, 1.82) is 0 Å². The molecule has 0 aromatic carbocycles. The molecule has 1 aromatic heterocycles. The van der Waals surface area contributed by atoms with E-state index in [2.05, 4.69) is 9.82 Å². The highest BCUT2D eigenvalue weighted by molar-refractivity contribution is 7.89. The summed E-state index contributed by atoms with van der Waals surface area (Å²) >= 11 is 0. The molecular formula is C9H15N3O4S. The number of aryl methyl sites for hydroxylation is 1. The van der Waals surface area contributed by atoms with Gasteiger partial charge in [0.2, 0.25) is 0 Å². The standard InChI is InChI=1S/C9H15N3O4S/c1-3-4-7(9(13)14)11-17(15,16)8-5-6-10-12(8)2/h5-7,11H,3-4H2,1-2H3,(H,13,14). The van der Waals surface area contributed by atoms with Crippen LogP contribution in [0.15, 0.2) is 17.3 Å². The third kappa shape index (κ3) is 3.27. The summed E-state index contributed by atoms with van der Waals surface area (Å²) in [6, 6.07) is 0.201. The Bertz CT molecular complexity index is 494. The number of hydrogen-bond acceptors (Lipinski definition) is 4. The number of carboxylic acids is 1. The van der Waals surface area contributed by atoms with Crippen LogP contribution in [0.25, 0.3) is 0 Å². The second kappa shape index (κ2) is 5.28. The molecule has 0 amide bonds.